The zero-order chi connectivity index (χ0) is 28.4. The van der Waals surface area contributed by atoms with Gasteiger partial charge in [-0.1, -0.05) is 26.0 Å². The van der Waals surface area contributed by atoms with E-state index in [4.69, 9.17) is 4.74 Å². The van der Waals surface area contributed by atoms with E-state index in [2.05, 4.69) is 10.6 Å². The van der Waals surface area contributed by atoms with Crippen molar-refractivity contribution in [3.05, 3.63) is 29.8 Å². The van der Waals surface area contributed by atoms with Crippen molar-refractivity contribution in [3.63, 3.8) is 0 Å². The van der Waals surface area contributed by atoms with Crippen molar-refractivity contribution in [2.75, 3.05) is 20.2 Å². The predicted octanol–water partition coefficient (Wildman–Crippen LogP) is 2.84. The number of nitrogens with zero attached hydrogens (tertiary/aromatic N) is 2. The number of carbonyl (C=O) groups is 4. The highest BCUT2D eigenvalue weighted by Gasteiger charge is 2.58. The van der Waals surface area contributed by atoms with Crippen molar-refractivity contribution in [2.45, 2.75) is 85.0 Å². The molecule has 0 aromatic heterocycles. The molecule has 1 aromatic carbocycles. The van der Waals surface area contributed by atoms with Crippen LogP contribution in [0.5, 0.6) is 5.75 Å². The lowest BCUT2D eigenvalue weighted by molar-refractivity contribution is -0.146. The Balaban J connectivity index is 1.75. The van der Waals surface area contributed by atoms with E-state index in [0.717, 1.165) is 6.42 Å². The molecule has 1 saturated heterocycles. The zero-order valence-corrected chi connectivity index (χ0v) is 24.0. The standard InChI is InChI=1S/C29H44N4O5/c1-17(2)13-22(27(36)33-15-19-14-21(19)25(33)28(37)32(8)18(3)4)30-26(35)20-11-9-10-12-23(20)38-16-24(34)31-29(5,6)7/h9-12,17-19,21-22,25H,13-16H2,1-8H3,(H,30,35)(H,31,34)/t19-,21-,22-,25?/m1/s1. The largest absolute Gasteiger partial charge is 0.483 e. The number of likely N-dealkylation sites (tertiary alicyclic amines) is 1. The van der Waals surface area contributed by atoms with Crippen molar-refractivity contribution >= 4 is 23.6 Å². The molecule has 0 spiro atoms. The minimum Gasteiger partial charge on any atom is -0.483 e. The quantitative estimate of drug-likeness (QED) is 0.486. The summed E-state index contributed by atoms with van der Waals surface area (Å²) in [5.74, 6) is -0.0791. The molecule has 4 amide bonds. The Bertz CT molecular complexity index is 1050. The fourth-order valence-corrected chi connectivity index (χ4v) is 4.98. The van der Waals surface area contributed by atoms with Gasteiger partial charge in [0.15, 0.2) is 6.61 Å². The van der Waals surface area contributed by atoms with Crippen molar-refractivity contribution in [3.8, 4) is 5.75 Å². The normalized spacial score (nSPS) is 21.1. The smallest absolute Gasteiger partial charge is 0.258 e. The molecule has 9 nitrogen and oxygen atoms in total. The van der Waals surface area contributed by atoms with E-state index < -0.39 is 23.5 Å². The van der Waals surface area contributed by atoms with Crippen molar-refractivity contribution in [1.29, 1.82) is 0 Å². The number of rotatable bonds is 10. The monoisotopic (exact) mass is 528 g/mol. The second-order valence-corrected chi connectivity index (χ2v) is 12.4. The molecule has 1 unspecified atom stereocenters. The van der Waals surface area contributed by atoms with Crippen LogP contribution in [0.25, 0.3) is 0 Å². The highest BCUT2D eigenvalue weighted by Crippen LogP contribution is 2.50. The van der Waals surface area contributed by atoms with Gasteiger partial charge >= 0.3 is 0 Å². The topological polar surface area (TPSA) is 108 Å². The van der Waals surface area contributed by atoms with E-state index in [1.54, 1.807) is 41.1 Å². The van der Waals surface area contributed by atoms with Gasteiger partial charge in [0, 0.05) is 25.2 Å². The number of nitrogens with one attached hydrogen (secondary N) is 2. The van der Waals surface area contributed by atoms with Gasteiger partial charge < -0.3 is 25.2 Å². The molecule has 1 aliphatic carbocycles. The molecule has 1 aromatic rings. The van der Waals surface area contributed by atoms with Crippen LogP contribution in [0.3, 0.4) is 0 Å². The number of para-hydroxylation sites is 1. The fourth-order valence-electron chi connectivity index (χ4n) is 4.98. The molecule has 1 aliphatic heterocycles. The van der Waals surface area contributed by atoms with E-state index in [-0.39, 0.29) is 53.5 Å². The molecule has 0 bridgehead atoms. The highest BCUT2D eigenvalue weighted by molar-refractivity contribution is 6.00. The van der Waals surface area contributed by atoms with Crippen LogP contribution in [0, 0.1) is 17.8 Å². The average Bonchev–Trinajstić information content (AvgIpc) is 3.49. The molecule has 210 valence electrons. The summed E-state index contributed by atoms with van der Waals surface area (Å²) in [7, 11) is 1.78. The Morgan fingerprint density at radius 3 is 2.37 bits per heavy atom. The van der Waals surface area contributed by atoms with E-state index in [1.165, 1.54) is 0 Å². The Hall–Kier alpha value is -3.10. The first-order valence-corrected chi connectivity index (χ1v) is 13.6. The summed E-state index contributed by atoms with van der Waals surface area (Å²) in [5.41, 5.74) is -0.157. The predicted molar refractivity (Wildman–Crippen MR) is 146 cm³/mol. The molecule has 1 saturated carbocycles. The Kier molecular flexibility index (Phi) is 9.10. The van der Waals surface area contributed by atoms with Crippen LogP contribution < -0.4 is 15.4 Å². The SMILES string of the molecule is CC(C)C[C@@H](NC(=O)c1ccccc1OCC(=O)NC(C)(C)C)C(=O)N1C[C@H]2C[C@H]2C1C(=O)N(C)C(C)C. The second kappa shape index (κ2) is 11.7. The third kappa shape index (κ3) is 7.26. The molecule has 2 N–H and O–H groups in total. The van der Waals surface area contributed by atoms with Gasteiger partial charge in [-0.3, -0.25) is 19.2 Å². The lowest BCUT2D eigenvalue weighted by Crippen LogP contribution is -2.56. The molecule has 3 rings (SSSR count). The first-order chi connectivity index (χ1) is 17.7. The summed E-state index contributed by atoms with van der Waals surface area (Å²) in [6.45, 7) is 13.8. The third-order valence-electron chi connectivity index (χ3n) is 7.12. The number of fused-ring (bicyclic) bond motifs is 1. The van der Waals surface area contributed by atoms with Gasteiger partial charge in [0.2, 0.25) is 11.8 Å². The maximum absolute atomic E-state index is 13.8. The average molecular weight is 529 g/mol. The van der Waals surface area contributed by atoms with E-state index in [1.807, 2.05) is 48.5 Å². The second-order valence-electron chi connectivity index (χ2n) is 12.4. The number of hydrogen-bond acceptors (Lipinski definition) is 5. The Morgan fingerprint density at radius 1 is 1.11 bits per heavy atom. The van der Waals surface area contributed by atoms with Crippen LogP contribution in [-0.4, -0.2) is 77.3 Å². The summed E-state index contributed by atoms with van der Waals surface area (Å²) >= 11 is 0. The molecule has 1 heterocycles. The number of benzene rings is 1. The number of piperidine rings is 1. The van der Waals surface area contributed by atoms with Crippen LogP contribution >= 0.6 is 0 Å². The summed E-state index contributed by atoms with van der Waals surface area (Å²) in [4.78, 5) is 56.1. The van der Waals surface area contributed by atoms with Gasteiger partial charge in [0.05, 0.1) is 5.56 Å². The summed E-state index contributed by atoms with van der Waals surface area (Å²) in [5, 5.41) is 5.74. The summed E-state index contributed by atoms with van der Waals surface area (Å²) in [6, 6.07) is 5.44. The van der Waals surface area contributed by atoms with Gasteiger partial charge in [0.1, 0.15) is 17.8 Å². The molecule has 38 heavy (non-hydrogen) atoms. The maximum atomic E-state index is 13.8. The van der Waals surface area contributed by atoms with Gasteiger partial charge in [-0.25, -0.2) is 0 Å². The molecule has 2 fully saturated rings. The number of amides is 4. The zero-order valence-electron chi connectivity index (χ0n) is 24.0. The minimum atomic E-state index is -0.781. The van der Waals surface area contributed by atoms with E-state index >= 15 is 0 Å². The van der Waals surface area contributed by atoms with Crippen molar-refractivity contribution in [2.24, 2.45) is 17.8 Å². The van der Waals surface area contributed by atoms with Crippen LogP contribution in [0.4, 0.5) is 0 Å². The number of likely N-dealkylation sites (N-methyl/N-ethyl adjacent to an activating group) is 1. The van der Waals surface area contributed by atoms with Crippen LogP contribution in [0.15, 0.2) is 24.3 Å². The highest BCUT2D eigenvalue weighted by atomic mass is 16.5. The molecular weight excluding hydrogens is 484 g/mol. The number of hydrogen-bond donors (Lipinski definition) is 2. The van der Waals surface area contributed by atoms with Gasteiger partial charge in [-0.15, -0.1) is 0 Å². The van der Waals surface area contributed by atoms with Gasteiger partial charge in [-0.2, -0.15) is 0 Å². The van der Waals surface area contributed by atoms with E-state index in [0.29, 0.717) is 18.9 Å². The summed E-state index contributed by atoms with van der Waals surface area (Å²) < 4.78 is 5.69. The Labute approximate surface area is 226 Å². The van der Waals surface area contributed by atoms with Crippen LogP contribution in [0.1, 0.15) is 71.7 Å². The molecular formula is C29H44N4O5. The first kappa shape index (κ1) is 29.5. The third-order valence-corrected chi connectivity index (χ3v) is 7.12. The number of ether oxygens (including phenoxy) is 1. The maximum Gasteiger partial charge on any atom is 0.258 e. The van der Waals surface area contributed by atoms with Gasteiger partial charge in [-0.05, 0) is 77.3 Å². The van der Waals surface area contributed by atoms with Crippen LogP contribution in [0.2, 0.25) is 0 Å². The van der Waals surface area contributed by atoms with Gasteiger partial charge in [0.25, 0.3) is 11.8 Å². The van der Waals surface area contributed by atoms with Crippen molar-refractivity contribution in [1.82, 2.24) is 20.4 Å². The Morgan fingerprint density at radius 2 is 1.76 bits per heavy atom. The van der Waals surface area contributed by atoms with Crippen molar-refractivity contribution < 1.29 is 23.9 Å². The molecule has 9 heteroatoms. The molecule has 0 radical (unpaired) electrons. The lowest BCUT2D eigenvalue weighted by Gasteiger charge is -2.34. The summed E-state index contributed by atoms with van der Waals surface area (Å²) in [6.07, 6.45) is 1.40. The fraction of sp³-hybridized carbons (Fsp3) is 0.655. The van der Waals surface area contributed by atoms with Crippen LogP contribution in [-0.2, 0) is 14.4 Å². The van der Waals surface area contributed by atoms with E-state index in [9.17, 15) is 19.2 Å². The number of carbonyl (C=O) groups excluding carboxylic acids is 4. The first-order valence-electron chi connectivity index (χ1n) is 13.6. The minimum absolute atomic E-state index is 0.0328. The lowest BCUT2D eigenvalue weighted by atomic mass is 10.0. The molecule has 4 atom stereocenters. The molecule has 2 aliphatic rings.